The Morgan fingerprint density at radius 1 is 1.50 bits per heavy atom. The molecular formula is C14H19N3O. The Labute approximate surface area is 107 Å². The molecular weight excluding hydrogens is 226 g/mol. The molecule has 1 N–H and O–H groups in total. The summed E-state index contributed by atoms with van der Waals surface area (Å²) in [5.74, 6) is 0. The summed E-state index contributed by atoms with van der Waals surface area (Å²) in [7, 11) is 0. The first kappa shape index (κ1) is 10.9. The van der Waals surface area contributed by atoms with E-state index in [0.717, 1.165) is 39.2 Å². The zero-order valence-electron chi connectivity index (χ0n) is 10.6. The van der Waals surface area contributed by atoms with E-state index in [1.807, 2.05) is 6.20 Å². The Hall–Kier alpha value is -0.970. The molecule has 0 aromatic carbocycles. The Balaban J connectivity index is 1.58. The summed E-state index contributed by atoms with van der Waals surface area (Å²) in [4.78, 5) is 7.18. The predicted octanol–water partition coefficient (Wildman–Crippen LogP) is 0.700. The van der Waals surface area contributed by atoms with Gasteiger partial charge in [-0.3, -0.25) is 9.88 Å². The quantitative estimate of drug-likeness (QED) is 0.832. The Kier molecular flexibility index (Phi) is 2.60. The van der Waals surface area contributed by atoms with E-state index in [2.05, 4.69) is 21.3 Å². The smallest absolute Gasteiger partial charge is 0.0718 e. The van der Waals surface area contributed by atoms with E-state index in [0.29, 0.717) is 12.1 Å². The average Bonchev–Trinajstić information content (AvgIpc) is 3.01. The molecule has 2 bridgehead atoms. The van der Waals surface area contributed by atoms with E-state index in [9.17, 15) is 0 Å². The SMILES string of the molecule is c1cc2c(c(CN3C[C@@H]4C[C@H]3CO4)n1)CCNC2. The van der Waals surface area contributed by atoms with Gasteiger partial charge in [0.15, 0.2) is 0 Å². The normalized spacial score (nSPS) is 30.7. The first-order chi connectivity index (χ1) is 8.90. The van der Waals surface area contributed by atoms with Crippen LogP contribution in [-0.2, 0) is 24.2 Å². The van der Waals surface area contributed by atoms with Crippen LogP contribution >= 0.6 is 0 Å². The lowest BCUT2D eigenvalue weighted by Crippen LogP contribution is -2.37. The number of hydrogen-bond acceptors (Lipinski definition) is 4. The molecule has 4 rings (SSSR count). The van der Waals surface area contributed by atoms with Crippen molar-refractivity contribution in [3.63, 3.8) is 0 Å². The highest BCUT2D eigenvalue weighted by Gasteiger charge is 2.39. The number of fused-ring (bicyclic) bond motifs is 3. The predicted molar refractivity (Wildman–Crippen MR) is 68.2 cm³/mol. The van der Waals surface area contributed by atoms with Crippen LogP contribution in [0.15, 0.2) is 12.3 Å². The van der Waals surface area contributed by atoms with E-state index >= 15 is 0 Å². The lowest BCUT2D eigenvalue weighted by Gasteiger charge is -2.28. The van der Waals surface area contributed by atoms with E-state index in [1.54, 1.807) is 0 Å². The Bertz CT molecular complexity index is 462. The largest absolute Gasteiger partial charge is 0.375 e. The molecule has 2 fully saturated rings. The summed E-state index contributed by atoms with van der Waals surface area (Å²) in [5, 5.41) is 3.43. The van der Waals surface area contributed by atoms with Crippen LogP contribution in [0.5, 0.6) is 0 Å². The molecule has 2 atom stereocenters. The molecule has 0 unspecified atom stereocenters. The summed E-state index contributed by atoms with van der Waals surface area (Å²) >= 11 is 0. The summed E-state index contributed by atoms with van der Waals surface area (Å²) < 4.78 is 5.66. The lowest BCUT2D eigenvalue weighted by atomic mass is 9.99. The fraction of sp³-hybridized carbons (Fsp3) is 0.643. The molecule has 0 spiro atoms. The van der Waals surface area contributed by atoms with E-state index < -0.39 is 0 Å². The summed E-state index contributed by atoms with van der Waals surface area (Å²) in [5.41, 5.74) is 4.22. The molecule has 18 heavy (non-hydrogen) atoms. The number of nitrogens with zero attached hydrogens (tertiary/aromatic N) is 2. The summed E-state index contributed by atoms with van der Waals surface area (Å²) in [6.07, 6.45) is 4.79. The van der Waals surface area contributed by atoms with Crippen LogP contribution in [0.3, 0.4) is 0 Å². The molecule has 4 nitrogen and oxygen atoms in total. The fourth-order valence-corrected chi connectivity index (χ4v) is 3.49. The molecule has 3 aliphatic rings. The molecule has 0 aliphatic carbocycles. The van der Waals surface area contributed by atoms with Crippen molar-refractivity contribution in [3.8, 4) is 0 Å². The van der Waals surface area contributed by atoms with Gasteiger partial charge in [-0.2, -0.15) is 0 Å². The van der Waals surface area contributed by atoms with E-state index in [-0.39, 0.29) is 0 Å². The maximum Gasteiger partial charge on any atom is 0.0718 e. The average molecular weight is 245 g/mol. The van der Waals surface area contributed by atoms with Gasteiger partial charge in [0.05, 0.1) is 18.4 Å². The summed E-state index contributed by atoms with van der Waals surface area (Å²) in [6, 6.07) is 2.79. The van der Waals surface area contributed by atoms with Gasteiger partial charge in [0.1, 0.15) is 0 Å². The van der Waals surface area contributed by atoms with Gasteiger partial charge in [-0.15, -0.1) is 0 Å². The minimum absolute atomic E-state index is 0.483. The zero-order chi connectivity index (χ0) is 11.9. The number of morpholine rings is 1. The van der Waals surface area contributed by atoms with Gasteiger partial charge in [0, 0.05) is 31.9 Å². The van der Waals surface area contributed by atoms with Crippen molar-refractivity contribution in [1.82, 2.24) is 15.2 Å². The number of pyridine rings is 1. The van der Waals surface area contributed by atoms with Gasteiger partial charge in [0.2, 0.25) is 0 Å². The number of likely N-dealkylation sites (tertiary alicyclic amines) is 1. The van der Waals surface area contributed by atoms with Crippen molar-refractivity contribution in [2.24, 2.45) is 0 Å². The highest BCUT2D eigenvalue weighted by Crippen LogP contribution is 2.29. The maximum atomic E-state index is 5.66. The molecule has 0 amide bonds. The van der Waals surface area contributed by atoms with Crippen molar-refractivity contribution < 1.29 is 4.74 Å². The standard InChI is InChI=1S/C14H19N3O/c1-4-16-14(13-2-3-15-6-10(1)13)8-17-7-12-5-11(17)9-18-12/h1,4,11-12,15H,2-3,5-9H2/t11-,12-/m0/s1. The van der Waals surface area contributed by atoms with Crippen molar-refractivity contribution in [3.05, 3.63) is 29.1 Å². The molecule has 1 aromatic rings. The molecule has 0 saturated carbocycles. The zero-order valence-corrected chi connectivity index (χ0v) is 10.6. The molecule has 3 aliphatic heterocycles. The molecule has 1 aromatic heterocycles. The fourth-order valence-electron chi connectivity index (χ4n) is 3.49. The highest BCUT2D eigenvalue weighted by atomic mass is 16.5. The van der Waals surface area contributed by atoms with Gasteiger partial charge in [-0.05, 0) is 36.6 Å². The molecule has 2 saturated heterocycles. The van der Waals surface area contributed by atoms with Crippen LogP contribution in [-0.4, -0.2) is 41.7 Å². The van der Waals surface area contributed by atoms with Crippen LogP contribution in [0.25, 0.3) is 0 Å². The highest BCUT2D eigenvalue weighted by molar-refractivity contribution is 5.32. The minimum Gasteiger partial charge on any atom is -0.375 e. The third-order valence-electron chi connectivity index (χ3n) is 4.48. The molecule has 96 valence electrons. The number of nitrogens with one attached hydrogen (secondary N) is 1. The van der Waals surface area contributed by atoms with Crippen molar-refractivity contribution in [2.75, 3.05) is 19.7 Å². The monoisotopic (exact) mass is 245 g/mol. The first-order valence-electron chi connectivity index (χ1n) is 6.92. The molecule has 4 heteroatoms. The minimum atomic E-state index is 0.483. The molecule has 0 radical (unpaired) electrons. The second-order valence-electron chi connectivity index (χ2n) is 5.60. The van der Waals surface area contributed by atoms with Crippen LogP contribution in [0, 0.1) is 0 Å². The third-order valence-corrected chi connectivity index (χ3v) is 4.48. The Morgan fingerprint density at radius 2 is 2.50 bits per heavy atom. The second kappa shape index (κ2) is 4.30. The summed E-state index contributed by atoms with van der Waals surface area (Å²) in [6.45, 7) is 5.10. The number of aromatic nitrogens is 1. The van der Waals surface area contributed by atoms with Crippen LogP contribution in [0.2, 0.25) is 0 Å². The van der Waals surface area contributed by atoms with Crippen molar-refractivity contribution in [1.29, 1.82) is 0 Å². The first-order valence-corrected chi connectivity index (χ1v) is 6.92. The van der Waals surface area contributed by atoms with Gasteiger partial charge < -0.3 is 10.1 Å². The number of ether oxygens (including phenoxy) is 1. The maximum absolute atomic E-state index is 5.66. The molecule has 4 heterocycles. The van der Waals surface area contributed by atoms with Crippen molar-refractivity contribution in [2.45, 2.75) is 38.1 Å². The van der Waals surface area contributed by atoms with E-state index in [4.69, 9.17) is 4.74 Å². The van der Waals surface area contributed by atoms with Crippen LogP contribution in [0.1, 0.15) is 23.2 Å². The van der Waals surface area contributed by atoms with Gasteiger partial charge in [0.25, 0.3) is 0 Å². The van der Waals surface area contributed by atoms with E-state index in [1.165, 1.54) is 23.2 Å². The Morgan fingerprint density at radius 3 is 3.33 bits per heavy atom. The number of rotatable bonds is 2. The van der Waals surface area contributed by atoms with Gasteiger partial charge >= 0.3 is 0 Å². The van der Waals surface area contributed by atoms with Crippen LogP contribution < -0.4 is 5.32 Å². The van der Waals surface area contributed by atoms with Gasteiger partial charge in [-0.25, -0.2) is 0 Å². The topological polar surface area (TPSA) is 37.4 Å². The van der Waals surface area contributed by atoms with Crippen molar-refractivity contribution >= 4 is 0 Å². The number of hydrogen-bond donors (Lipinski definition) is 1. The lowest BCUT2D eigenvalue weighted by molar-refractivity contribution is 0.0267. The van der Waals surface area contributed by atoms with Gasteiger partial charge in [-0.1, -0.05) is 0 Å². The second-order valence-corrected chi connectivity index (χ2v) is 5.60. The third kappa shape index (κ3) is 1.76. The van der Waals surface area contributed by atoms with Crippen LogP contribution in [0.4, 0.5) is 0 Å².